The zero-order valence-electron chi connectivity index (χ0n) is 7.81. The fourth-order valence-electron chi connectivity index (χ4n) is 1.41. The molecule has 1 aromatic rings. The Kier molecular flexibility index (Phi) is 2.65. The van der Waals surface area contributed by atoms with E-state index in [1.165, 1.54) is 0 Å². The molecule has 0 spiro atoms. The predicted octanol–water partition coefficient (Wildman–Crippen LogP) is 2.01. The maximum absolute atomic E-state index is 9.07. The fourth-order valence-corrected chi connectivity index (χ4v) is 1.41. The van der Waals surface area contributed by atoms with E-state index in [0.717, 1.165) is 16.9 Å². The molecule has 1 aromatic carbocycles. The highest BCUT2D eigenvalue weighted by molar-refractivity contribution is 5.62. The Morgan fingerprint density at radius 2 is 2.14 bits per heavy atom. The van der Waals surface area contributed by atoms with Crippen LogP contribution in [-0.2, 0) is 0 Å². The topological polar surface area (TPSA) is 29.5 Å². The monoisotopic (exact) mass is 188 g/mol. The van der Waals surface area contributed by atoms with E-state index in [9.17, 15) is 0 Å². The van der Waals surface area contributed by atoms with Gasteiger partial charge in [0.05, 0.1) is 6.61 Å². The predicted molar refractivity (Wildman–Crippen MR) is 56.1 cm³/mol. The van der Waals surface area contributed by atoms with Crippen molar-refractivity contribution >= 4 is 6.08 Å². The molecule has 2 rings (SSSR count). The van der Waals surface area contributed by atoms with Gasteiger partial charge in [0.1, 0.15) is 12.4 Å². The van der Waals surface area contributed by atoms with Crippen LogP contribution in [0.5, 0.6) is 5.75 Å². The molecule has 0 fully saturated rings. The summed E-state index contributed by atoms with van der Waals surface area (Å²) in [6, 6.07) is 7.81. The van der Waals surface area contributed by atoms with Crippen molar-refractivity contribution in [2.75, 3.05) is 13.2 Å². The van der Waals surface area contributed by atoms with E-state index in [2.05, 4.69) is 0 Å². The first kappa shape index (κ1) is 9.03. The van der Waals surface area contributed by atoms with Crippen molar-refractivity contribution in [1.29, 1.82) is 0 Å². The SMILES string of the molecule is OCC1=Cc2ccccc2OCC=C1. The molecule has 14 heavy (non-hydrogen) atoms. The van der Waals surface area contributed by atoms with Crippen molar-refractivity contribution in [3.05, 3.63) is 47.6 Å². The van der Waals surface area contributed by atoms with Gasteiger partial charge in [0.15, 0.2) is 0 Å². The first-order chi connectivity index (χ1) is 6.90. The van der Waals surface area contributed by atoms with E-state index >= 15 is 0 Å². The summed E-state index contributed by atoms with van der Waals surface area (Å²) in [5, 5.41) is 9.07. The summed E-state index contributed by atoms with van der Waals surface area (Å²) in [4.78, 5) is 0. The Balaban J connectivity index is 2.44. The molecule has 0 saturated carbocycles. The molecule has 0 amide bonds. The highest BCUT2D eigenvalue weighted by Crippen LogP contribution is 2.22. The molecule has 0 aromatic heterocycles. The molecular formula is C12H12O2. The minimum atomic E-state index is 0.0604. The quantitative estimate of drug-likeness (QED) is 0.730. The Labute approximate surface area is 83.1 Å². The molecule has 1 aliphatic rings. The third-order valence-corrected chi connectivity index (χ3v) is 2.11. The van der Waals surface area contributed by atoms with E-state index < -0.39 is 0 Å². The van der Waals surface area contributed by atoms with Gasteiger partial charge in [0, 0.05) is 5.56 Å². The number of hydrogen-bond donors (Lipinski definition) is 1. The molecule has 72 valence electrons. The van der Waals surface area contributed by atoms with Crippen LogP contribution in [0.3, 0.4) is 0 Å². The van der Waals surface area contributed by atoms with Crippen LogP contribution in [0.4, 0.5) is 0 Å². The molecule has 2 heteroatoms. The lowest BCUT2D eigenvalue weighted by Gasteiger charge is -2.10. The third kappa shape index (κ3) is 1.86. The van der Waals surface area contributed by atoms with E-state index in [-0.39, 0.29) is 6.61 Å². The Morgan fingerprint density at radius 1 is 1.29 bits per heavy atom. The zero-order chi connectivity index (χ0) is 9.80. The summed E-state index contributed by atoms with van der Waals surface area (Å²) in [5.41, 5.74) is 1.92. The van der Waals surface area contributed by atoms with Gasteiger partial charge in [-0.05, 0) is 23.8 Å². The molecule has 0 atom stereocenters. The van der Waals surface area contributed by atoms with Crippen LogP contribution in [-0.4, -0.2) is 18.3 Å². The normalized spacial score (nSPS) is 14.8. The van der Waals surface area contributed by atoms with Gasteiger partial charge in [-0.15, -0.1) is 0 Å². The van der Waals surface area contributed by atoms with Crippen LogP contribution in [0.1, 0.15) is 5.56 Å². The molecule has 0 radical (unpaired) electrons. The van der Waals surface area contributed by atoms with Crippen LogP contribution in [0.15, 0.2) is 42.0 Å². The maximum Gasteiger partial charge on any atom is 0.127 e. The molecule has 1 aliphatic heterocycles. The van der Waals surface area contributed by atoms with E-state index in [1.54, 1.807) is 0 Å². The van der Waals surface area contributed by atoms with Gasteiger partial charge < -0.3 is 9.84 Å². The third-order valence-electron chi connectivity index (χ3n) is 2.11. The van der Waals surface area contributed by atoms with Crippen molar-refractivity contribution in [2.24, 2.45) is 0 Å². The standard InChI is InChI=1S/C12H12O2/c13-9-10-4-3-7-14-12-6-2-1-5-11(12)8-10/h1-6,8,13H,7,9H2. The van der Waals surface area contributed by atoms with Crippen molar-refractivity contribution in [3.8, 4) is 5.75 Å². The van der Waals surface area contributed by atoms with Crippen molar-refractivity contribution in [1.82, 2.24) is 0 Å². The average molecular weight is 188 g/mol. The lowest BCUT2D eigenvalue weighted by atomic mass is 10.1. The molecule has 0 aliphatic carbocycles. The molecule has 0 unspecified atom stereocenters. The number of fused-ring (bicyclic) bond motifs is 1. The number of rotatable bonds is 1. The highest BCUT2D eigenvalue weighted by Gasteiger charge is 2.02. The van der Waals surface area contributed by atoms with Crippen molar-refractivity contribution in [3.63, 3.8) is 0 Å². The van der Waals surface area contributed by atoms with Gasteiger partial charge in [0.25, 0.3) is 0 Å². The van der Waals surface area contributed by atoms with Crippen molar-refractivity contribution in [2.45, 2.75) is 0 Å². The lowest BCUT2D eigenvalue weighted by molar-refractivity contribution is 0.334. The number of benzene rings is 1. The Bertz CT molecular complexity index is 378. The van der Waals surface area contributed by atoms with Crippen LogP contribution in [0.2, 0.25) is 0 Å². The van der Waals surface area contributed by atoms with Gasteiger partial charge in [-0.25, -0.2) is 0 Å². The average Bonchev–Trinajstić information content (AvgIpc) is 2.19. The summed E-state index contributed by atoms with van der Waals surface area (Å²) < 4.78 is 5.51. The first-order valence-corrected chi connectivity index (χ1v) is 4.60. The van der Waals surface area contributed by atoms with Crippen LogP contribution >= 0.6 is 0 Å². The second kappa shape index (κ2) is 4.11. The highest BCUT2D eigenvalue weighted by atomic mass is 16.5. The minimum absolute atomic E-state index is 0.0604. The van der Waals surface area contributed by atoms with Crippen LogP contribution in [0, 0.1) is 0 Å². The maximum atomic E-state index is 9.07. The summed E-state index contributed by atoms with van der Waals surface area (Å²) in [6.45, 7) is 0.610. The van der Waals surface area contributed by atoms with E-state index in [1.807, 2.05) is 42.5 Å². The molecule has 0 saturated heterocycles. The summed E-state index contributed by atoms with van der Waals surface area (Å²) in [7, 11) is 0. The van der Waals surface area contributed by atoms with E-state index in [4.69, 9.17) is 9.84 Å². The molecule has 0 bridgehead atoms. The Hall–Kier alpha value is -1.54. The van der Waals surface area contributed by atoms with Gasteiger partial charge in [-0.3, -0.25) is 0 Å². The molecule has 1 heterocycles. The van der Waals surface area contributed by atoms with Gasteiger partial charge in [0.2, 0.25) is 0 Å². The first-order valence-electron chi connectivity index (χ1n) is 4.60. The number of para-hydroxylation sites is 1. The summed E-state index contributed by atoms with van der Waals surface area (Å²) >= 11 is 0. The number of aliphatic hydroxyl groups excluding tert-OH is 1. The largest absolute Gasteiger partial charge is 0.489 e. The second-order valence-electron chi connectivity index (χ2n) is 3.13. The van der Waals surface area contributed by atoms with E-state index in [0.29, 0.717) is 6.61 Å². The van der Waals surface area contributed by atoms with Crippen LogP contribution in [0.25, 0.3) is 6.08 Å². The molecular weight excluding hydrogens is 176 g/mol. The fraction of sp³-hybridized carbons (Fsp3) is 0.167. The van der Waals surface area contributed by atoms with Gasteiger partial charge in [-0.2, -0.15) is 0 Å². The van der Waals surface area contributed by atoms with Crippen molar-refractivity contribution < 1.29 is 9.84 Å². The second-order valence-corrected chi connectivity index (χ2v) is 3.13. The summed E-state index contributed by atoms with van der Waals surface area (Å²) in [6.07, 6.45) is 5.72. The smallest absolute Gasteiger partial charge is 0.127 e. The van der Waals surface area contributed by atoms with Gasteiger partial charge in [-0.1, -0.05) is 24.3 Å². The summed E-state index contributed by atoms with van der Waals surface area (Å²) in [5.74, 6) is 0.864. The molecule has 1 N–H and O–H groups in total. The number of aliphatic hydroxyl groups is 1. The minimum Gasteiger partial charge on any atom is -0.489 e. The number of hydrogen-bond acceptors (Lipinski definition) is 2. The molecule has 2 nitrogen and oxygen atoms in total. The Morgan fingerprint density at radius 3 is 3.00 bits per heavy atom. The zero-order valence-corrected chi connectivity index (χ0v) is 7.81. The number of ether oxygens (including phenoxy) is 1. The lowest BCUT2D eigenvalue weighted by Crippen LogP contribution is -1.99. The van der Waals surface area contributed by atoms with Gasteiger partial charge >= 0.3 is 0 Å². The van der Waals surface area contributed by atoms with Crippen LogP contribution < -0.4 is 4.74 Å².